The predicted octanol–water partition coefficient (Wildman–Crippen LogP) is 3.85. The zero-order valence-electron chi connectivity index (χ0n) is 10.5. The molecule has 7 heteroatoms. The first-order valence-corrected chi connectivity index (χ1v) is 5.77. The molecule has 2 aromatic rings. The van der Waals surface area contributed by atoms with Crippen LogP contribution in [0.2, 0.25) is 0 Å². The molecule has 0 N–H and O–H groups in total. The minimum Gasteiger partial charge on any atom is -0.405 e. The van der Waals surface area contributed by atoms with Crippen molar-refractivity contribution in [2.24, 2.45) is 0 Å². The average Bonchev–Trinajstić information content (AvgIpc) is 2.39. The molecule has 0 saturated heterocycles. The van der Waals surface area contributed by atoms with Gasteiger partial charge in [-0.3, -0.25) is 4.98 Å². The van der Waals surface area contributed by atoms with E-state index < -0.39 is 17.9 Å². The van der Waals surface area contributed by atoms with Crippen LogP contribution < -0.4 is 4.74 Å². The summed E-state index contributed by atoms with van der Waals surface area (Å²) in [6, 6.07) is 8.04. The molecule has 0 atom stereocenters. The van der Waals surface area contributed by atoms with E-state index in [-0.39, 0.29) is 17.7 Å². The van der Waals surface area contributed by atoms with Gasteiger partial charge in [-0.1, -0.05) is 12.1 Å². The number of hydrogen-bond acceptors (Lipinski definition) is 3. The SMILES string of the molecule is N#CCc1cnc(-c2ccccc2OC(F)(F)F)c(F)c1. The van der Waals surface area contributed by atoms with Crippen LogP contribution in [0.25, 0.3) is 11.3 Å². The second kappa shape index (κ2) is 5.79. The minimum atomic E-state index is -4.88. The van der Waals surface area contributed by atoms with Gasteiger partial charge >= 0.3 is 6.36 Å². The summed E-state index contributed by atoms with van der Waals surface area (Å²) in [5.74, 6) is -1.36. The Hall–Kier alpha value is -2.62. The number of ether oxygens (including phenoxy) is 1. The second-order valence-electron chi connectivity index (χ2n) is 4.05. The highest BCUT2D eigenvalue weighted by atomic mass is 19.4. The summed E-state index contributed by atoms with van der Waals surface area (Å²) in [6.45, 7) is 0. The van der Waals surface area contributed by atoms with Gasteiger partial charge in [0.25, 0.3) is 0 Å². The molecule has 0 amide bonds. The number of halogens is 4. The molecule has 0 bridgehead atoms. The molecule has 1 aromatic carbocycles. The smallest absolute Gasteiger partial charge is 0.405 e. The van der Waals surface area contributed by atoms with Crippen LogP contribution in [0.5, 0.6) is 5.75 Å². The van der Waals surface area contributed by atoms with Gasteiger partial charge in [0.05, 0.1) is 12.5 Å². The fraction of sp³-hybridized carbons (Fsp3) is 0.143. The molecule has 0 aliphatic rings. The number of hydrogen-bond donors (Lipinski definition) is 0. The van der Waals surface area contributed by atoms with E-state index in [9.17, 15) is 17.6 Å². The molecular formula is C14H8F4N2O. The summed E-state index contributed by atoms with van der Waals surface area (Å²) in [4.78, 5) is 3.78. The molecule has 0 spiro atoms. The maximum atomic E-state index is 14.0. The highest BCUT2D eigenvalue weighted by molar-refractivity contribution is 5.67. The fourth-order valence-electron chi connectivity index (χ4n) is 1.74. The maximum absolute atomic E-state index is 14.0. The van der Waals surface area contributed by atoms with Crippen molar-refractivity contribution in [3.63, 3.8) is 0 Å². The maximum Gasteiger partial charge on any atom is 0.573 e. The molecule has 0 fully saturated rings. The molecule has 108 valence electrons. The summed E-state index contributed by atoms with van der Waals surface area (Å²) in [6.07, 6.45) is -3.68. The summed E-state index contributed by atoms with van der Waals surface area (Å²) in [5.41, 5.74) is -0.0413. The van der Waals surface area contributed by atoms with Crippen molar-refractivity contribution >= 4 is 0 Å². The normalized spacial score (nSPS) is 11.0. The van der Waals surface area contributed by atoms with E-state index in [1.807, 2.05) is 6.07 Å². The molecule has 3 nitrogen and oxygen atoms in total. The van der Waals surface area contributed by atoms with Crippen molar-refractivity contribution in [3.8, 4) is 23.1 Å². The Balaban J connectivity index is 2.45. The van der Waals surface area contributed by atoms with Crippen LogP contribution in [0.15, 0.2) is 36.5 Å². The van der Waals surface area contributed by atoms with Crippen LogP contribution >= 0.6 is 0 Å². The Bertz CT molecular complexity index is 692. The zero-order chi connectivity index (χ0) is 15.5. The second-order valence-corrected chi connectivity index (χ2v) is 4.05. The molecule has 0 radical (unpaired) electrons. The Morgan fingerprint density at radius 3 is 2.57 bits per heavy atom. The molecule has 2 rings (SSSR count). The van der Waals surface area contributed by atoms with Gasteiger partial charge < -0.3 is 4.74 Å². The molecule has 0 saturated carbocycles. The molecule has 0 aliphatic carbocycles. The number of rotatable bonds is 3. The average molecular weight is 296 g/mol. The summed E-state index contributed by atoms with van der Waals surface area (Å²) in [7, 11) is 0. The van der Waals surface area contributed by atoms with E-state index in [1.54, 1.807) is 0 Å². The Kier molecular flexibility index (Phi) is 4.08. The van der Waals surface area contributed by atoms with Crippen molar-refractivity contribution in [1.29, 1.82) is 5.26 Å². The van der Waals surface area contributed by atoms with Crippen molar-refractivity contribution < 1.29 is 22.3 Å². The molecule has 1 heterocycles. The predicted molar refractivity (Wildman–Crippen MR) is 65.6 cm³/mol. The summed E-state index contributed by atoms with van der Waals surface area (Å²) < 4.78 is 54.8. The van der Waals surface area contributed by atoms with E-state index >= 15 is 0 Å². The highest BCUT2D eigenvalue weighted by Crippen LogP contribution is 2.33. The van der Waals surface area contributed by atoms with E-state index in [2.05, 4.69) is 9.72 Å². The molecule has 1 aromatic heterocycles. The van der Waals surface area contributed by atoms with Crippen LogP contribution in [0.4, 0.5) is 17.6 Å². The Labute approximate surface area is 117 Å². The van der Waals surface area contributed by atoms with Crippen molar-refractivity contribution in [2.45, 2.75) is 12.8 Å². The van der Waals surface area contributed by atoms with Crippen LogP contribution in [0.3, 0.4) is 0 Å². The monoisotopic (exact) mass is 296 g/mol. The van der Waals surface area contributed by atoms with Crippen LogP contribution in [-0.2, 0) is 6.42 Å². The third-order valence-electron chi connectivity index (χ3n) is 2.55. The number of aromatic nitrogens is 1. The van der Waals surface area contributed by atoms with Crippen LogP contribution in [-0.4, -0.2) is 11.3 Å². The van der Waals surface area contributed by atoms with Crippen LogP contribution in [0, 0.1) is 17.1 Å². The number of nitrogens with zero attached hydrogens (tertiary/aromatic N) is 2. The topological polar surface area (TPSA) is 45.9 Å². The highest BCUT2D eigenvalue weighted by Gasteiger charge is 2.32. The van der Waals surface area contributed by atoms with Crippen molar-refractivity contribution in [2.75, 3.05) is 0 Å². The number of para-hydroxylation sites is 1. The van der Waals surface area contributed by atoms with Gasteiger partial charge in [0.15, 0.2) is 0 Å². The van der Waals surface area contributed by atoms with E-state index in [1.165, 1.54) is 24.4 Å². The van der Waals surface area contributed by atoms with Crippen molar-refractivity contribution in [1.82, 2.24) is 4.98 Å². The lowest BCUT2D eigenvalue weighted by Crippen LogP contribution is -2.17. The van der Waals surface area contributed by atoms with Gasteiger partial charge in [-0.05, 0) is 23.8 Å². The fourth-order valence-corrected chi connectivity index (χ4v) is 1.74. The number of nitriles is 1. The number of pyridine rings is 1. The van der Waals surface area contributed by atoms with Gasteiger partial charge in [-0.2, -0.15) is 5.26 Å². The Morgan fingerprint density at radius 2 is 1.95 bits per heavy atom. The van der Waals surface area contributed by atoms with Gasteiger partial charge in [-0.25, -0.2) is 4.39 Å². The number of benzene rings is 1. The van der Waals surface area contributed by atoms with Gasteiger partial charge in [-0.15, -0.1) is 13.2 Å². The van der Waals surface area contributed by atoms with Crippen LogP contribution in [0.1, 0.15) is 5.56 Å². The number of alkyl halides is 3. The molecule has 0 aliphatic heterocycles. The lowest BCUT2D eigenvalue weighted by Gasteiger charge is -2.13. The van der Waals surface area contributed by atoms with E-state index in [0.29, 0.717) is 5.56 Å². The lowest BCUT2D eigenvalue weighted by atomic mass is 10.1. The minimum absolute atomic E-state index is 0.0368. The summed E-state index contributed by atoms with van der Waals surface area (Å²) >= 11 is 0. The third kappa shape index (κ3) is 3.69. The third-order valence-corrected chi connectivity index (χ3v) is 2.55. The Morgan fingerprint density at radius 1 is 1.24 bits per heavy atom. The largest absolute Gasteiger partial charge is 0.573 e. The van der Waals surface area contributed by atoms with E-state index in [0.717, 1.165) is 12.1 Å². The zero-order valence-corrected chi connectivity index (χ0v) is 10.5. The van der Waals surface area contributed by atoms with Gasteiger partial charge in [0, 0.05) is 11.8 Å². The standard InChI is InChI=1S/C14H8F4N2O/c15-11-7-9(5-6-19)8-20-13(11)10-3-1-2-4-12(10)21-14(16,17)18/h1-4,7-8H,5H2. The molecular weight excluding hydrogens is 288 g/mol. The van der Waals surface area contributed by atoms with Gasteiger partial charge in [0.2, 0.25) is 0 Å². The first-order chi connectivity index (χ1) is 9.90. The summed E-state index contributed by atoms with van der Waals surface area (Å²) in [5, 5.41) is 8.52. The quantitative estimate of drug-likeness (QED) is 0.808. The first kappa shape index (κ1) is 14.8. The molecule has 0 unspecified atom stereocenters. The van der Waals surface area contributed by atoms with E-state index in [4.69, 9.17) is 5.26 Å². The first-order valence-electron chi connectivity index (χ1n) is 5.77. The van der Waals surface area contributed by atoms with Crippen molar-refractivity contribution in [3.05, 3.63) is 47.9 Å². The van der Waals surface area contributed by atoms with Gasteiger partial charge in [0.1, 0.15) is 17.3 Å². The molecule has 21 heavy (non-hydrogen) atoms. The lowest BCUT2D eigenvalue weighted by molar-refractivity contribution is -0.274.